The Morgan fingerprint density at radius 2 is 1.48 bits per heavy atom. The van der Waals surface area contributed by atoms with Gasteiger partial charge in [-0.25, -0.2) is 14.7 Å². The number of imide groups is 1. The predicted molar refractivity (Wildman–Crippen MR) is 136 cm³/mol. The predicted octanol–water partition coefficient (Wildman–Crippen LogP) is 6.39. The fraction of sp³-hybridized carbons (Fsp3) is 0.0345. The Balaban J connectivity index is 1.35. The van der Waals surface area contributed by atoms with Crippen molar-refractivity contribution in [2.75, 3.05) is 4.90 Å². The van der Waals surface area contributed by atoms with Crippen LogP contribution >= 0.6 is 0 Å². The molecule has 1 aliphatic heterocycles. The van der Waals surface area contributed by atoms with E-state index in [0.717, 1.165) is 23.1 Å². The fourth-order valence-electron chi connectivity index (χ4n) is 4.51. The number of benzene rings is 4. The number of oxazole rings is 1. The Labute approximate surface area is 222 Å². The molecule has 2 heterocycles. The van der Waals surface area contributed by atoms with Gasteiger partial charge in [0, 0.05) is 5.56 Å². The van der Waals surface area contributed by atoms with Crippen LogP contribution in [0.15, 0.2) is 83.3 Å². The van der Waals surface area contributed by atoms with Gasteiger partial charge in [0.05, 0.1) is 27.9 Å². The normalized spacial score (nSPS) is 13.2. The largest absolute Gasteiger partial charge is 0.506 e. The molecule has 0 unspecified atom stereocenters. The zero-order valence-electron chi connectivity index (χ0n) is 20.1. The first kappa shape index (κ1) is 24.9. The van der Waals surface area contributed by atoms with Gasteiger partial charge in [-0.3, -0.25) is 9.59 Å². The van der Waals surface area contributed by atoms with Gasteiger partial charge in [-0.1, -0.05) is 18.2 Å². The van der Waals surface area contributed by atoms with E-state index in [4.69, 9.17) is 4.42 Å². The second kappa shape index (κ2) is 8.80. The Morgan fingerprint density at radius 1 is 0.800 bits per heavy atom. The number of fused-ring (bicyclic) bond motifs is 2. The first-order valence-corrected chi connectivity index (χ1v) is 11.7. The molecule has 1 aromatic heterocycles. The number of alkyl halides is 3. The van der Waals surface area contributed by atoms with Crippen molar-refractivity contribution in [3.8, 4) is 28.3 Å². The quantitative estimate of drug-likeness (QED) is 0.252. The number of aromatic hydroxyl groups is 1. The molecule has 2 N–H and O–H groups in total. The van der Waals surface area contributed by atoms with Crippen molar-refractivity contribution < 1.29 is 42.2 Å². The lowest BCUT2D eigenvalue weighted by atomic mass is 10.0. The van der Waals surface area contributed by atoms with E-state index in [1.54, 1.807) is 18.2 Å². The number of aromatic carboxylic acids is 1. The maximum absolute atomic E-state index is 13.1. The number of phenols is 1. The van der Waals surface area contributed by atoms with Gasteiger partial charge in [0.2, 0.25) is 5.89 Å². The van der Waals surface area contributed by atoms with Gasteiger partial charge in [-0.15, -0.1) is 0 Å². The van der Waals surface area contributed by atoms with E-state index in [2.05, 4.69) is 4.98 Å². The van der Waals surface area contributed by atoms with E-state index >= 15 is 0 Å². The second-order valence-corrected chi connectivity index (χ2v) is 8.99. The Kier molecular flexibility index (Phi) is 5.47. The van der Waals surface area contributed by atoms with Gasteiger partial charge in [-0.2, -0.15) is 13.2 Å². The lowest BCUT2D eigenvalue weighted by molar-refractivity contribution is -0.137. The highest BCUT2D eigenvalue weighted by Gasteiger charge is 2.38. The minimum atomic E-state index is -4.44. The first-order chi connectivity index (χ1) is 19.0. The zero-order chi connectivity index (χ0) is 28.3. The summed E-state index contributed by atoms with van der Waals surface area (Å²) in [7, 11) is 0. The van der Waals surface area contributed by atoms with E-state index < -0.39 is 29.5 Å². The maximum Gasteiger partial charge on any atom is 0.416 e. The summed E-state index contributed by atoms with van der Waals surface area (Å²) in [6.07, 6.45) is -4.44. The van der Waals surface area contributed by atoms with E-state index in [0.29, 0.717) is 27.8 Å². The molecule has 2 amide bonds. The summed E-state index contributed by atoms with van der Waals surface area (Å²) in [5.74, 6) is -3.07. The molecule has 4 aromatic carbocycles. The van der Waals surface area contributed by atoms with Crippen molar-refractivity contribution in [1.82, 2.24) is 4.98 Å². The molecule has 8 nitrogen and oxygen atoms in total. The molecule has 198 valence electrons. The molecule has 0 radical (unpaired) electrons. The number of carbonyl (C=O) groups excluding carboxylic acids is 2. The van der Waals surface area contributed by atoms with Crippen molar-refractivity contribution in [1.29, 1.82) is 0 Å². The van der Waals surface area contributed by atoms with Gasteiger partial charge in [-0.05, 0) is 71.8 Å². The molecule has 6 rings (SSSR count). The van der Waals surface area contributed by atoms with Crippen molar-refractivity contribution in [3.63, 3.8) is 0 Å². The minimum absolute atomic E-state index is 0.00235. The summed E-state index contributed by atoms with van der Waals surface area (Å²) in [6.45, 7) is 0. The average molecular weight is 544 g/mol. The lowest BCUT2D eigenvalue weighted by Crippen LogP contribution is -2.29. The SMILES string of the molecule is O=C(O)c1ccc2c(c1)C(=O)N(c1cc(-c3nc4cc(-c5ccc(C(F)(F)F)cc5)ccc4o3)ccc1O)C2=O. The summed E-state index contributed by atoms with van der Waals surface area (Å²) in [6, 6.07) is 17.3. The second-order valence-electron chi connectivity index (χ2n) is 8.99. The third kappa shape index (κ3) is 4.04. The number of carboxylic acid groups (broad SMARTS) is 1. The van der Waals surface area contributed by atoms with Crippen LogP contribution in [0.5, 0.6) is 5.75 Å². The highest BCUT2D eigenvalue weighted by atomic mass is 19.4. The molecule has 0 saturated carbocycles. The molecule has 0 aliphatic carbocycles. The van der Waals surface area contributed by atoms with Gasteiger partial charge in [0.25, 0.3) is 11.8 Å². The standard InChI is InChI=1S/C29H15F3N2O6/c30-29(31,32)18-6-1-14(2-7-18)15-5-10-24-21(12-15)33-25(40-24)16-4-9-23(35)22(13-16)34-26(36)19-8-3-17(28(38)39)11-20(19)27(34)37/h1-13,35H,(H,38,39). The number of hydrogen-bond acceptors (Lipinski definition) is 6. The molecule has 1 aliphatic rings. The third-order valence-corrected chi connectivity index (χ3v) is 6.53. The summed E-state index contributed by atoms with van der Waals surface area (Å²) in [4.78, 5) is 42.6. The highest BCUT2D eigenvalue weighted by molar-refractivity contribution is 6.35. The Morgan fingerprint density at radius 3 is 2.17 bits per heavy atom. The van der Waals surface area contributed by atoms with Gasteiger partial charge < -0.3 is 14.6 Å². The molecule has 5 aromatic rings. The highest BCUT2D eigenvalue weighted by Crippen LogP contribution is 2.38. The van der Waals surface area contributed by atoms with E-state index in [1.807, 2.05) is 0 Å². The Bertz CT molecular complexity index is 1880. The smallest absolute Gasteiger partial charge is 0.416 e. The van der Waals surface area contributed by atoms with Gasteiger partial charge >= 0.3 is 12.1 Å². The van der Waals surface area contributed by atoms with Gasteiger partial charge in [0.15, 0.2) is 5.58 Å². The lowest BCUT2D eigenvalue weighted by Gasteiger charge is -2.16. The summed E-state index contributed by atoms with van der Waals surface area (Å²) < 4.78 is 44.5. The molecule has 11 heteroatoms. The molecular formula is C29H15F3N2O6. The van der Waals surface area contributed by atoms with Crippen LogP contribution in [0.2, 0.25) is 0 Å². The van der Waals surface area contributed by atoms with Crippen molar-refractivity contribution >= 4 is 34.6 Å². The summed E-state index contributed by atoms with van der Waals surface area (Å²) >= 11 is 0. The number of anilines is 1. The Hall–Kier alpha value is -5.45. The van der Waals surface area contributed by atoms with Crippen molar-refractivity contribution in [3.05, 3.63) is 101 Å². The fourth-order valence-corrected chi connectivity index (χ4v) is 4.51. The molecular weight excluding hydrogens is 529 g/mol. The number of halogens is 3. The van der Waals surface area contributed by atoms with Crippen LogP contribution in [-0.4, -0.2) is 33.0 Å². The molecule has 0 saturated heterocycles. The topological polar surface area (TPSA) is 121 Å². The van der Waals surface area contributed by atoms with Crippen LogP contribution in [-0.2, 0) is 6.18 Å². The zero-order valence-corrected chi connectivity index (χ0v) is 20.1. The van der Waals surface area contributed by atoms with E-state index in [-0.39, 0.29) is 34.0 Å². The number of aromatic nitrogens is 1. The summed E-state index contributed by atoms with van der Waals surface area (Å²) in [5, 5.41) is 19.7. The van der Waals surface area contributed by atoms with Crippen LogP contribution in [0.3, 0.4) is 0 Å². The first-order valence-electron chi connectivity index (χ1n) is 11.7. The van der Waals surface area contributed by atoms with Crippen LogP contribution < -0.4 is 4.90 Å². The van der Waals surface area contributed by atoms with Crippen LogP contribution in [0.1, 0.15) is 36.6 Å². The number of carboxylic acids is 1. The van der Waals surface area contributed by atoms with Crippen LogP contribution in [0.25, 0.3) is 33.7 Å². The van der Waals surface area contributed by atoms with Gasteiger partial charge in [0.1, 0.15) is 11.3 Å². The van der Waals surface area contributed by atoms with Crippen LogP contribution in [0, 0.1) is 0 Å². The number of rotatable bonds is 4. The molecule has 0 spiro atoms. The van der Waals surface area contributed by atoms with Crippen molar-refractivity contribution in [2.24, 2.45) is 0 Å². The molecule has 40 heavy (non-hydrogen) atoms. The number of phenolic OH excluding ortho intramolecular Hbond substituents is 1. The minimum Gasteiger partial charge on any atom is -0.506 e. The van der Waals surface area contributed by atoms with E-state index in [9.17, 15) is 37.8 Å². The molecule has 0 atom stereocenters. The monoisotopic (exact) mass is 544 g/mol. The molecule has 0 bridgehead atoms. The summed E-state index contributed by atoms with van der Waals surface area (Å²) in [5.41, 5.74) is 1.08. The number of amides is 2. The van der Waals surface area contributed by atoms with Crippen molar-refractivity contribution in [2.45, 2.75) is 6.18 Å². The maximum atomic E-state index is 13.1. The van der Waals surface area contributed by atoms with E-state index in [1.165, 1.54) is 42.5 Å². The number of hydrogen-bond donors (Lipinski definition) is 2. The average Bonchev–Trinajstić information content (AvgIpc) is 3.46. The number of carbonyl (C=O) groups is 3. The van der Waals surface area contributed by atoms with Crippen LogP contribution in [0.4, 0.5) is 18.9 Å². The third-order valence-electron chi connectivity index (χ3n) is 6.53. The number of nitrogens with zero attached hydrogens (tertiary/aromatic N) is 2. The molecule has 0 fully saturated rings.